The summed E-state index contributed by atoms with van der Waals surface area (Å²) in [4.78, 5) is 0. The van der Waals surface area contributed by atoms with Crippen LogP contribution in [0.3, 0.4) is 0 Å². The highest BCUT2D eigenvalue weighted by Gasteiger charge is 2.17. The summed E-state index contributed by atoms with van der Waals surface area (Å²) in [6, 6.07) is 27.2. The summed E-state index contributed by atoms with van der Waals surface area (Å²) in [5.41, 5.74) is 3.54. The van der Waals surface area contributed by atoms with Crippen LogP contribution < -0.4 is 9.47 Å². The van der Waals surface area contributed by atoms with Crippen molar-refractivity contribution in [2.45, 2.75) is 32.6 Å². The molecule has 2 nitrogen and oxygen atoms in total. The first-order chi connectivity index (χ1) is 13.8. The van der Waals surface area contributed by atoms with E-state index in [2.05, 4.69) is 67.6 Å². The van der Waals surface area contributed by atoms with E-state index in [1.165, 1.54) is 41.9 Å². The van der Waals surface area contributed by atoms with Gasteiger partial charge in [-0.15, -0.1) is 0 Å². The van der Waals surface area contributed by atoms with Gasteiger partial charge < -0.3 is 9.47 Å². The van der Waals surface area contributed by atoms with E-state index in [4.69, 9.17) is 9.47 Å². The molecular weight excluding hydrogens is 344 g/mol. The summed E-state index contributed by atoms with van der Waals surface area (Å²) in [7, 11) is 1.69. The molecule has 0 amide bonds. The van der Waals surface area contributed by atoms with Crippen molar-refractivity contribution < 1.29 is 9.47 Å². The predicted octanol–water partition coefficient (Wildman–Crippen LogP) is 6.67. The second kappa shape index (κ2) is 10.6. The second-order valence-electron chi connectivity index (χ2n) is 6.90. The van der Waals surface area contributed by atoms with Crippen LogP contribution in [0, 0.1) is 5.92 Å². The molecule has 0 heterocycles. The number of methoxy groups -OCH3 is 1. The molecule has 3 aromatic carbocycles. The Morgan fingerprint density at radius 3 is 1.79 bits per heavy atom. The van der Waals surface area contributed by atoms with Gasteiger partial charge in [0.2, 0.25) is 0 Å². The molecule has 0 aliphatic rings. The Morgan fingerprint density at radius 1 is 0.643 bits per heavy atom. The van der Waals surface area contributed by atoms with Crippen molar-refractivity contribution >= 4 is 0 Å². The monoisotopic (exact) mass is 373 g/mol. The van der Waals surface area contributed by atoms with E-state index in [1.807, 2.05) is 18.2 Å². The van der Waals surface area contributed by atoms with Crippen molar-refractivity contribution in [2.24, 2.45) is 0 Å². The minimum atomic E-state index is 0.785. The normalized spacial score (nSPS) is 10.8. The summed E-state index contributed by atoms with van der Waals surface area (Å²) >= 11 is 0. The molecule has 0 saturated carbocycles. The standard InChI is InChI=1S/C26H29O2/c1-3-4-5-9-20-28-25-18-14-23(15-19-25)26(21-10-7-6-8-11-21)22-12-16-24(27-2)17-13-22/h6-8,10-19H,3-5,9,20H2,1-2H3. The van der Waals surface area contributed by atoms with E-state index in [0.717, 1.165) is 24.5 Å². The average molecular weight is 374 g/mol. The molecule has 3 rings (SSSR count). The van der Waals surface area contributed by atoms with Gasteiger partial charge >= 0.3 is 0 Å². The van der Waals surface area contributed by atoms with E-state index >= 15 is 0 Å². The first-order valence-electron chi connectivity index (χ1n) is 10.1. The lowest BCUT2D eigenvalue weighted by atomic mass is 9.85. The van der Waals surface area contributed by atoms with Crippen LogP contribution in [0.25, 0.3) is 0 Å². The molecule has 0 fully saturated rings. The Balaban J connectivity index is 1.78. The molecular formula is C26H29O2. The topological polar surface area (TPSA) is 18.5 Å². The van der Waals surface area contributed by atoms with Crippen LogP contribution in [0.1, 0.15) is 49.3 Å². The third-order valence-electron chi connectivity index (χ3n) is 4.85. The Labute approximate surface area is 169 Å². The fraction of sp³-hybridized carbons (Fsp3) is 0.269. The van der Waals surface area contributed by atoms with Gasteiger partial charge in [0.1, 0.15) is 11.5 Å². The molecule has 0 atom stereocenters. The number of benzene rings is 3. The van der Waals surface area contributed by atoms with Gasteiger partial charge in [-0.05, 0) is 47.4 Å². The maximum atomic E-state index is 5.90. The van der Waals surface area contributed by atoms with Crippen molar-refractivity contribution in [1.82, 2.24) is 0 Å². The van der Waals surface area contributed by atoms with Crippen LogP contribution >= 0.6 is 0 Å². The van der Waals surface area contributed by atoms with Crippen LogP contribution in [0.4, 0.5) is 0 Å². The summed E-state index contributed by atoms with van der Waals surface area (Å²) in [5, 5.41) is 0. The zero-order valence-electron chi connectivity index (χ0n) is 16.9. The van der Waals surface area contributed by atoms with Gasteiger partial charge in [0, 0.05) is 0 Å². The first kappa shape index (κ1) is 20.0. The lowest BCUT2D eigenvalue weighted by molar-refractivity contribution is 0.305. The van der Waals surface area contributed by atoms with Gasteiger partial charge in [0.05, 0.1) is 19.6 Å². The Bertz CT molecular complexity index is 807. The first-order valence-corrected chi connectivity index (χ1v) is 10.1. The number of hydrogen-bond acceptors (Lipinski definition) is 2. The molecule has 1 radical (unpaired) electrons. The van der Waals surface area contributed by atoms with Crippen LogP contribution in [0.5, 0.6) is 11.5 Å². The Kier molecular flexibility index (Phi) is 7.54. The molecule has 28 heavy (non-hydrogen) atoms. The molecule has 0 aliphatic heterocycles. The summed E-state index contributed by atoms with van der Waals surface area (Å²) in [6.07, 6.45) is 4.87. The van der Waals surface area contributed by atoms with Crippen molar-refractivity contribution in [3.8, 4) is 11.5 Å². The molecule has 0 N–H and O–H groups in total. The molecule has 0 saturated heterocycles. The summed E-state index contributed by atoms with van der Waals surface area (Å²) in [5.74, 6) is 3.00. The lowest BCUT2D eigenvalue weighted by Crippen LogP contribution is -2.05. The van der Waals surface area contributed by atoms with E-state index in [0.29, 0.717) is 0 Å². The zero-order valence-corrected chi connectivity index (χ0v) is 16.9. The summed E-state index contributed by atoms with van der Waals surface area (Å²) in [6.45, 7) is 3.01. The SMILES string of the molecule is CCCCCCOc1ccc([C](c2ccccc2)c2ccc(OC)cc2)cc1. The maximum Gasteiger partial charge on any atom is 0.119 e. The van der Waals surface area contributed by atoms with Gasteiger partial charge in [0.25, 0.3) is 0 Å². The molecule has 0 spiro atoms. The fourth-order valence-corrected chi connectivity index (χ4v) is 3.30. The average Bonchev–Trinajstić information content (AvgIpc) is 2.76. The predicted molar refractivity (Wildman–Crippen MR) is 116 cm³/mol. The largest absolute Gasteiger partial charge is 0.497 e. The van der Waals surface area contributed by atoms with Gasteiger partial charge in [0.15, 0.2) is 0 Å². The van der Waals surface area contributed by atoms with E-state index in [-0.39, 0.29) is 0 Å². The van der Waals surface area contributed by atoms with Gasteiger partial charge in [-0.1, -0.05) is 80.8 Å². The Morgan fingerprint density at radius 2 is 1.21 bits per heavy atom. The van der Waals surface area contributed by atoms with Crippen molar-refractivity contribution in [1.29, 1.82) is 0 Å². The van der Waals surface area contributed by atoms with E-state index < -0.39 is 0 Å². The smallest absolute Gasteiger partial charge is 0.119 e. The third-order valence-corrected chi connectivity index (χ3v) is 4.85. The zero-order chi connectivity index (χ0) is 19.6. The third kappa shape index (κ3) is 5.39. The second-order valence-corrected chi connectivity index (χ2v) is 6.90. The number of rotatable bonds is 10. The number of ether oxygens (including phenoxy) is 2. The Hall–Kier alpha value is -2.74. The van der Waals surface area contributed by atoms with Crippen LogP contribution in [-0.4, -0.2) is 13.7 Å². The molecule has 3 aromatic rings. The van der Waals surface area contributed by atoms with Crippen molar-refractivity contribution in [2.75, 3.05) is 13.7 Å². The van der Waals surface area contributed by atoms with Crippen molar-refractivity contribution in [3.63, 3.8) is 0 Å². The fourth-order valence-electron chi connectivity index (χ4n) is 3.30. The quantitative estimate of drug-likeness (QED) is 0.292. The highest BCUT2D eigenvalue weighted by atomic mass is 16.5. The maximum absolute atomic E-state index is 5.90. The van der Waals surface area contributed by atoms with E-state index in [9.17, 15) is 0 Å². The number of unbranched alkanes of at least 4 members (excludes halogenated alkanes) is 3. The molecule has 0 aromatic heterocycles. The van der Waals surface area contributed by atoms with Gasteiger partial charge in [-0.2, -0.15) is 0 Å². The van der Waals surface area contributed by atoms with Gasteiger partial charge in [-0.3, -0.25) is 0 Å². The molecule has 145 valence electrons. The van der Waals surface area contributed by atoms with Crippen LogP contribution in [0.2, 0.25) is 0 Å². The molecule has 0 aliphatic carbocycles. The highest BCUT2D eigenvalue weighted by Crippen LogP contribution is 2.32. The highest BCUT2D eigenvalue weighted by molar-refractivity contribution is 5.58. The lowest BCUT2D eigenvalue weighted by Gasteiger charge is -2.19. The molecule has 0 bridgehead atoms. The van der Waals surface area contributed by atoms with Crippen molar-refractivity contribution in [3.05, 3.63) is 101 Å². The minimum absolute atomic E-state index is 0.785. The molecule has 0 unspecified atom stereocenters. The van der Waals surface area contributed by atoms with Crippen LogP contribution in [0.15, 0.2) is 78.9 Å². The number of hydrogen-bond donors (Lipinski definition) is 0. The van der Waals surface area contributed by atoms with Gasteiger partial charge in [-0.25, -0.2) is 0 Å². The summed E-state index contributed by atoms with van der Waals surface area (Å²) < 4.78 is 11.2. The molecule has 2 heteroatoms. The van der Waals surface area contributed by atoms with Crippen LogP contribution in [-0.2, 0) is 0 Å². The van der Waals surface area contributed by atoms with E-state index in [1.54, 1.807) is 7.11 Å². The minimum Gasteiger partial charge on any atom is -0.497 e.